The molecule has 90 valence electrons. The monoisotopic (exact) mass is 322 g/mol. The van der Waals surface area contributed by atoms with E-state index in [1.165, 1.54) is 37.0 Å². The summed E-state index contributed by atoms with van der Waals surface area (Å²) in [6, 6.07) is 1.87. The first kappa shape index (κ1) is 12.9. The van der Waals surface area contributed by atoms with Gasteiger partial charge in [0, 0.05) is 4.88 Å². The number of aliphatic hydroxyl groups is 1. The summed E-state index contributed by atoms with van der Waals surface area (Å²) in [5, 5.41) is 10.8. The summed E-state index contributed by atoms with van der Waals surface area (Å²) < 4.78 is 0.920. The molecule has 0 aromatic carbocycles. The summed E-state index contributed by atoms with van der Waals surface area (Å²) in [6.07, 6.45) is 7.12. The van der Waals surface area contributed by atoms with Crippen LogP contribution in [-0.4, -0.2) is 5.11 Å². The molecule has 16 heavy (non-hydrogen) atoms. The highest BCUT2D eigenvalue weighted by Crippen LogP contribution is 2.38. The van der Waals surface area contributed by atoms with Gasteiger partial charge in [-0.1, -0.05) is 37.3 Å². The van der Waals surface area contributed by atoms with E-state index in [1.807, 2.05) is 6.07 Å². The summed E-state index contributed by atoms with van der Waals surface area (Å²) in [5.41, 5.74) is 0. The molecular formula is C12H16BrClOS. The zero-order valence-electron chi connectivity index (χ0n) is 9.09. The van der Waals surface area contributed by atoms with Crippen molar-refractivity contribution >= 4 is 38.9 Å². The fourth-order valence-corrected chi connectivity index (χ4v) is 4.13. The molecule has 2 rings (SSSR count). The first-order valence-corrected chi connectivity index (χ1v) is 7.78. The molecule has 1 saturated carbocycles. The minimum Gasteiger partial charge on any atom is -0.388 e. The van der Waals surface area contributed by atoms with Gasteiger partial charge in [-0.15, -0.1) is 11.3 Å². The van der Waals surface area contributed by atoms with E-state index in [0.29, 0.717) is 5.02 Å². The zero-order valence-corrected chi connectivity index (χ0v) is 12.2. The second-order valence-corrected chi connectivity index (χ2v) is 7.32. The molecule has 0 bridgehead atoms. The Labute approximate surface area is 114 Å². The van der Waals surface area contributed by atoms with Crippen molar-refractivity contribution in [2.75, 3.05) is 0 Å². The van der Waals surface area contributed by atoms with E-state index in [9.17, 15) is 5.11 Å². The molecule has 0 radical (unpaired) electrons. The predicted octanol–water partition coefficient (Wildman–Crippen LogP) is 5.17. The van der Waals surface area contributed by atoms with Crippen molar-refractivity contribution in [2.45, 2.75) is 44.6 Å². The third kappa shape index (κ3) is 3.22. The van der Waals surface area contributed by atoms with E-state index in [4.69, 9.17) is 11.6 Å². The van der Waals surface area contributed by atoms with Crippen LogP contribution in [0, 0.1) is 5.92 Å². The molecule has 1 aliphatic rings. The molecule has 1 unspecified atom stereocenters. The maximum absolute atomic E-state index is 10.0. The van der Waals surface area contributed by atoms with Gasteiger partial charge in [-0.2, -0.15) is 0 Å². The lowest BCUT2D eigenvalue weighted by atomic mass is 9.99. The molecule has 1 aromatic heterocycles. The molecule has 1 aromatic rings. The molecule has 0 saturated heterocycles. The lowest BCUT2D eigenvalue weighted by Gasteiger charge is -2.12. The Hall–Kier alpha value is 0.430. The van der Waals surface area contributed by atoms with Gasteiger partial charge in [-0.05, 0) is 40.8 Å². The lowest BCUT2D eigenvalue weighted by molar-refractivity contribution is 0.160. The number of aliphatic hydroxyl groups excluding tert-OH is 1. The average molecular weight is 324 g/mol. The van der Waals surface area contributed by atoms with E-state index in [0.717, 1.165) is 27.4 Å². The van der Waals surface area contributed by atoms with Gasteiger partial charge < -0.3 is 5.11 Å². The van der Waals surface area contributed by atoms with Crippen LogP contribution in [0.2, 0.25) is 5.02 Å². The topological polar surface area (TPSA) is 20.2 Å². The predicted molar refractivity (Wildman–Crippen MR) is 73.2 cm³/mol. The summed E-state index contributed by atoms with van der Waals surface area (Å²) in [4.78, 5) is 0.981. The summed E-state index contributed by atoms with van der Waals surface area (Å²) >= 11 is 10.9. The van der Waals surface area contributed by atoms with Crippen molar-refractivity contribution in [3.63, 3.8) is 0 Å². The standard InChI is InChI=1S/C12H16BrClOS/c13-12-9(14)7-11(16-12)10(15)6-5-8-3-1-2-4-8/h7-8,10,15H,1-6H2. The van der Waals surface area contributed by atoms with Crippen molar-refractivity contribution in [3.8, 4) is 0 Å². The van der Waals surface area contributed by atoms with Crippen LogP contribution in [0.15, 0.2) is 9.85 Å². The van der Waals surface area contributed by atoms with E-state index in [2.05, 4.69) is 15.9 Å². The highest BCUT2D eigenvalue weighted by molar-refractivity contribution is 9.11. The normalized spacial score (nSPS) is 19.2. The van der Waals surface area contributed by atoms with Crippen LogP contribution < -0.4 is 0 Å². The Morgan fingerprint density at radius 3 is 2.75 bits per heavy atom. The van der Waals surface area contributed by atoms with E-state index in [-0.39, 0.29) is 6.10 Å². The second-order valence-electron chi connectivity index (χ2n) is 4.51. The number of hydrogen-bond acceptors (Lipinski definition) is 2. The van der Waals surface area contributed by atoms with Gasteiger partial charge >= 0.3 is 0 Å². The maximum Gasteiger partial charge on any atom is 0.0888 e. The van der Waals surface area contributed by atoms with Gasteiger partial charge in [0.1, 0.15) is 0 Å². The number of thiophene rings is 1. The molecular weight excluding hydrogens is 308 g/mol. The molecule has 0 spiro atoms. The SMILES string of the molecule is OC(CCC1CCCC1)c1cc(Cl)c(Br)s1. The minimum atomic E-state index is -0.339. The fourth-order valence-electron chi connectivity index (χ4n) is 2.36. The van der Waals surface area contributed by atoms with E-state index < -0.39 is 0 Å². The molecule has 4 heteroatoms. The Morgan fingerprint density at radius 1 is 1.50 bits per heavy atom. The van der Waals surface area contributed by atoms with Gasteiger partial charge in [-0.3, -0.25) is 0 Å². The molecule has 1 N–H and O–H groups in total. The third-order valence-corrected chi connectivity index (χ3v) is 5.89. The van der Waals surface area contributed by atoms with Gasteiger partial charge in [0.25, 0.3) is 0 Å². The van der Waals surface area contributed by atoms with Crippen molar-refractivity contribution in [3.05, 3.63) is 19.8 Å². The van der Waals surface area contributed by atoms with Crippen LogP contribution in [0.5, 0.6) is 0 Å². The Kier molecular flexibility index (Phi) is 4.71. The van der Waals surface area contributed by atoms with Crippen LogP contribution in [0.25, 0.3) is 0 Å². The smallest absolute Gasteiger partial charge is 0.0888 e. The largest absolute Gasteiger partial charge is 0.388 e. The number of rotatable bonds is 4. The fraction of sp³-hybridized carbons (Fsp3) is 0.667. The van der Waals surface area contributed by atoms with Gasteiger partial charge in [0.05, 0.1) is 14.9 Å². The van der Waals surface area contributed by atoms with Gasteiger partial charge in [0.15, 0.2) is 0 Å². The quantitative estimate of drug-likeness (QED) is 0.810. The molecule has 1 aliphatic carbocycles. The molecule has 0 aliphatic heterocycles. The highest BCUT2D eigenvalue weighted by atomic mass is 79.9. The van der Waals surface area contributed by atoms with Gasteiger partial charge in [-0.25, -0.2) is 0 Å². The maximum atomic E-state index is 10.0. The number of hydrogen-bond donors (Lipinski definition) is 1. The van der Waals surface area contributed by atoms with Gasteiger partial charge in [0.2, 0.25) is 0 Å². The summed E-state index contributed by atoms with van der Waals surface area (Å²) in [6.45, 7) is 0. The van der Waals surface area contributed by atoms with Crippen LogP contribution in [0.1, 0.15) is 49.5 Å². The van der Waals surface area contributed by atoms with Crippen LogP contribution in [0.3, 0.4) is 0 Å². The minimum absolute atomic E-state index is 0.339. The molecule has 1 nitrogen and oxygen atoms in total. The summed E-state index contributed by atoms with van der Waals surface area (Å²) in [7, 11) is 0. The van der Waals surface area contributed by atoms with Crippen molar-refractivity contribution < 1.29 is 5.11 Å². The van der Waals surface area contributed by atoms with Crippen molar-refractivity contribution in [1.82, 2.24) is 0 Å². The van der Waals surface area contributed by atoms with Crippen LogP contribution in [-0.2, 0) is 0 Å². The summed E-state index contributed by atoms with van der Waals surface area (Å²) in [5.74, 6) is 0.841. The molecule has 1 atom stereocenters. The Bertz CT molecular complexity index is 327. The first-order valence-electron chi connectivity index (χ1n) is 5.79. The average Bonchev–Trinajstić information content (AvgIpc) is 2.86. The van der Waals surface area contributed by atoms with Crippen molar-refractivity contribution in [2.24, 2.45) is 5.92 Å². The number of halogens is 2. The van der Waals surface area contributed by atoms with Crippen molar-refractivity contribution in [1.29, 1.82) is 0 Å². The Morgan fingerprint density at radius 2 is 2.19 bits per heavy atom. The second kappa shape index (κ2) is 5.85. The van der Waals surface area contributed by atoms with E-state index in [1.54, 1.807) is 0 Å². The lowest BCUT2D eigenvalue weighted by Crippen LogP contribution is -1.99. The first-order chi connectivity index (χ1) is 7.66. The zero-order chi connectivity index (χ0) is 11.5. The third-order valence-electron chi connectivity index (χ3n) is 3.32. The van der Waals surface area contributed by atoms with Crippen LogP contribution in [0.4, 0.5) is 0 Å². The molecule has 1 heterocycles. The molecule has 0 amide bonds. The Balaban J connectivity index is 1.84. The van der Waals surface area contributed by atoms with Crippen LogP contribution >= 0.6 is 38.9 Å². The highest BCUT2D eigenvalue weighted by Gasteiger charge is 2.18. The molecule has 1 fully saturated rings. The van der Waals surface area contributed by atoms with E-state index >= 15 is 0 Å².